The highest BCUT2D eigenvalue weighted by atomic mass is 32.2. The molecule has 1 aromatic carbocycles. The van der Waals surface area contributed by atoms with Crippen LogP contribution in [0.2, 0.25) is 0 Å². The molecule has 0 unspecified atom stereocenters. The summed E-state index contributed by atoms with van der Waals surface area (Å²) in [7, 11) is -3.77. The van der Waals surface area contributed by atoms with E-state index in [2.05, 4.69) is 4.90 Å². The van der Waals surface area contributed by atoms with Crippen LogP contribution < -0.4 is 5.14 Å². The molecule has 0 saturated carbocycles. The van der Waals surface area contributed by atoms with Crippen molar-refractivity contribution in [1.29, 1.82) is 0 Å². The van der Waals surface area contributed by atoms with Crippen molar-refractivity contribution < 1.29 is 22.7 Å². The number of ketones is 1. The van der Waals surface area contributed by atoms with E-state index in [4.69, 9.17) is 9.88 Å². The zero-order valence-electron chi connectivity index (χ0n) is 19.7. The lowest BCUT2D eigenvalue weighted by atomic mass is 9.95. The summed E-state index contributed by atoms with van der Waals surface area (Å²) in [6.07, 6.45) is 1.74. The molecule has 2 N–H and O–H groups in total. The average molecular weight is 489 g/mol. The SMILES string of the molecule is Cc1cc(C(=O)CN2CCC[C@H](C(=O)N3CCOCC3)C2)c(C)n1-c1ccc(S(N)(=O)=O)cc1. The number of aromatic nitrogens is 1. The summed E-state index contributed by atoms with van der Waals surface area (Å²) in [5.74, 6) is 0.103. The van der Waals surface area contributed by atoms with E-state index in [0.717, 1.165) is 36.5 Å². The molecule has 2 aliphatic rings. The van der Waals surface area contributed by atoms with Crippen LogP contribution in [0.1, 0.15) is 34.6 Å². The number of rotatable bonds is 6. The quantitative estimate of drug-likeness (QED) is 0.616. The molecule has 1 atom stereocenters. The minimum atomic E-state index is -3.77. The maximum Gasteiger partial charge on any atom is 0.238 e. The molecule has 1 amide bonds. The van der Waals surface area contributed by atoms with Gasteiger partial charge in [-0.15, -0.1) is 0 Å². The number of hydrogen-bond donors (Lipinski definition) is 1. The number of ether oxygens (including phenoxy) is 1. The number of sulfonamides is 1. The van der Waals surface area contributed by atoms with Crippen molar-refractivity contribution in [3.63, 3.8) is 0 Å². The standard InChI is InChI=1S/C24H32N4O5S/c1-17-14-22(18(2)28(17)20-5-7-21(8-6-20)34(25,31)32)23(29)16-26-9-3-4-19(15-26)24(30)27-10-12-33-13-11-27/h5-8,14,19H,3-4,9-13,15-16H2,1-2H3,(H2,25,31,32)/t19-/m0/s1. The van der Waals surface area contributed by atoms with Crippen molar-refractivity contribution in [2.24, 2.45) is 11.1 Å². The average Bonchev–Trinajstić information content (AvgIpc) is 3.12. The van der Waals surface area contributed by atoms with Gasteiger partial charge in [0.15, 0.2) is 5.78 Å². The van der Waals surface area contributed by atoms with Gasteiger partial charge in [-0.25, -0.2) is 13.6 Å². The number of hydrogen-bond acceptors (Lipinski definition) is 6. The molecule has 0 aliphatic carbocycles. The summed E-state index contributed by atoms with van der Waals surface area (Å²) in [5.41, 5.74) is 3.07. The Morgan fingerprint density at radius 1 is 1.09 bits per heavy atom. The molecule has 1 aromatic heterocycles. The number of nitrogens with zero attached hydrogens (tertiary/aromatic N) is 3. The minimum absolute atomic E-state index is 0.0139. The fourth-order valence-corrected chi connectivity index (χ4v) is 5.47. The lowest BCUT2D eigenvalue weighted by molar-refractivity contribution is -0.141. The normalized spacial score (nSPS) is 19.9. The van der Waals surface area contributed by atoms with E-state index in [1.807, 2.05) is 29.4 Å². The second-order valence-electron chi connectivity index (χ2n) is 9.09. The molecule has 0 radical (unpaired) electrons. The number of nitrogens with two attached hydrogens (primary N) is 1. The lowest BCUT2D eigenvalue weighted by Crippen LogP contribution is -2.49. The van der Waals surface area contributed by atoms with Crippen molar-refractivity contribution >= 4 is 21.7 Å². The van der Waals surface area contributed by atoms with E-state index >= 15 is 0 Å². The van der Waals surface area contributed by atoms with Crippen LogP contribution in [0.25, 0.3) is 5.69 Å². The molecule has 2 aliphatic heterocycles. The first kappa shape index (κ1) is 24.6. The summed E-state index contributed by atoms with van der Waals surface area (Å²) in [5, 5.41) is 5.20. The molecule has 2 saturated heterocycles. The second kappa shape index (κ2) is 9.99. The number of piperidine rings is 1. The summed E-state index contributed by atoms with van der Waals surface area (Å²) < 4.78 is 30.4. The van der Waals surface area contributed by atoms with Gasteiger partial charge >= 0.3 is 0 Å². The molecule has 4 rings (SSSR count). The van der Waals surface area contributed by atoms with Gasteiger partial charge in [-0.3, -0.25) is 14.5 Å². The zero-order valence-corrected chi connectivity index (χ0v) is 20.5. The summed E-state index contributed by atoms with van der Waals surface area (Å²) in [6.45, 7) is 7.90. The fraction of sp³-hybridized carbons (Fsp3) is 0.500. The highest BCUT2D eigenvalue weighted by molar-refractivity contribution is 7.89. The Bertz CT molecular complexity index is 1170. The first-order valence-corrected chi connectivity index (χ1v) is 13.1. The van der Waals surface area contributed by atoms with Gasteiger partial charge in [-0.2, -0.15) is 0 Å². The highest BCUT2D eigenvalue weighted by Gasteiger charge is 2.31. The van der Waals surface area contributed by atoms with Crippen LogP contribution in [0.3, 0.4) is 0 Å². The molecule has 0 bridgehead atoms. The summed E-state index contributed by atoms with van der Waals surface area (Å²) in [6, 6.07) is 8.15. The minimum Gasteiger partial charge on any atom is -0.378 e. The third-order valence-electron chi connectivity index (χ3n) is 6.70. The van der Waals surface area contributed by atoms with Crippen LogP contribution in [-0.4, -0.2) is 80.4 Å². The Morgan fingerprint density at radius 2 is 1.76 bits per heavy atom. The largest absolute Gasteiger partial charge is 0.378 e. The molecular weight excluding hydrogens is 456 g/mol. The highest BCUT2D eigenvalue weighted by Crippen LogP contribution is 2.24. The molecule has 2 aromatic rings. The Kier molecular flexibility index (Phi) is 7.22. The molecule has 10 heteroatoms. The van der Waals surface area contributed by atoms with Gasteiger partial charge in [0.25, 0.3) is 0 Å². The van der Waals surface area contributed by atoms with Crippen LogP contribution >= 0.6 is 0 Å². The number of morpholine rings is 1. The molecule has 0 spiro atoms. The number of aryl methyl sites for hydroxylation is 1. The van der Waals surface area contributed by atoms with Gasteiger partial charge in [-0.05, 0) is 63.6 Å². The fourth-order valence-electron chi connectivity index (χ4n) is 4.96. The Hall–Kier alpha value is -2.53. The monoisotopic (exact) mass is 488 g/mol. The first-order chi connectivity index (χ1) is 16.1. The molecule has 2 fully saturated rings. The third-order valence-corrected chi connectivity index (χ3v) is 7.63. The number of primary sulfonamides is 1. The van der Waals surface area contributed by atoms with Gasteiger partial charge in [0, 0.05) is 42.3 Å². The predicted molar refractivity (Wildman–Crippen MR) is 128 cm³/mol. The number of benzene rings is 1. The van der Waals surface area contributed by atoms with Crippen molar-refractivity contribution in [3.8, 4) is 5.69 Å². The number of likely N-dealkylation sites (tertiary alicyclic amines) is 1. The van der Waals surface area contributed by atoms with Gasteiger partial charge in [0.2, 0.25) is 15.9 Å². The Balaban J connectivity index is 1.46. The van der Waals surface area contributed by atoms with Gasteiger partial charge in [0.05, 0.1) is 30.6 Å². The van der Waals surface area contributed by atoms with E-state index in [9.17, 15) is 18.0 Å². The molecular formula is C24H32N4O5S. The van der Waals surface area contributed by atoms with Gasteiger partial charge in [0.1, 0.15) is 0 Å². The van der Waals surface area contributed by atoms with Crippen molar-refractivity contribution in [2.75, 3.05) is 45.9 Å². The van der Waals surface area contributed by atoms with Crippen LogP contribution in [-0.2, 0) is 19.6 Å². The predicted octanol–water partition coefficient (Wildman–Crippen LogP) is 1.50. The van der Waals surface area contributed by atoms with E-state index in [1.54, 1.807) is 12.1 Å². The Morgan fingerprint density at radius 3 is 2.41 bits per heavy atom. The molecule has 184 valence electrons. The Labute approximate surface area is 200 Å². The number of amides is 1. The van der Waals surface area contributed by atoms with Gasteiger partial charge in [-0.1, -0.05) is 0 Å². The van der Waals surface area contributed by atoms with Crippen molar-refractivity contribution in [2.45, 2.75) is 31.6 Å². The van der Waals surface area contributed by atoms with E-state index in [-0.39, 0.29) is 29.0 Å². The van der Waals surface area contributed by atoms with Crippen LogP contribution in [0.15, 0.2) is 35.2 Å². The number of Topliss-reactive ketones (excluding diaryl/α,β-unsaturated/α-hetero) is 1. The topological polar surface area (TPSA) is 115 Å². The summed E-state index contributed by atoms with van der Waals surface area (Å²) >= 11 is 0. The third kappa shape index (κ3) is 5.25. The van der Waals surface area contributed by atoms with Crippen LogP contribution in [0.4, 0.5) is 0 Å². The molecule has 34 heavy (non-hydrogen) atoms. The lowest BCUT2D eigenvalue weighted by Gasteiger charge is -2.35. The maximum atomic E-state index is 13.2. The van der Waals surface area contributed by atoms with Crippen molar-refractivity contribution in [1.82, 2.24) is 14.4 Å². The van der Waals surface area contributed by atoms with E-state index < -0.39 is 10.0 Å². The van der Waals surface area contributed by atoms with E-state index in [0.29, 0.717) is 38.4 Å². The molecule has 9 nitrogen and oxygen atoms in total. The maximum absolute atomic E-state index is 13.2. The van der Waals surface area contributed by atoms with E-state index in [1.165, 1.54) is 12.1 Å². The van der Waals surface area contributed by atoms with Crippen LogP contribution in [0, 0.1) is 19.8 Å². The second-order valence-corrected chi connectivity index (χ2v) is 10.7. The van der Waals surface area contributed by atoms with Crippen molar-refractivity contribution in [3.05, 3.63) is 47.3 Å². The smallest absolute Gasteiger partial charge is 0.238 e. The van der Waals surface area contributed by atoms with Crippen LogP contribution in [0.5, 0.6) is 0 Å². The van der Waals surface area contributed by atoms with Gasteiger partial charge < -0.3 is 14.2 Å². The number of carbonyl (C=O) groups excluding carboxylic acids is 2. The first-order valence-electron chi connectivity index (χ1n) is 11.6. The zero-order chi connectivity index (χ0) is 24.5. The summed E-state index contributed by atoms with van der Waals surface area (Å²) in [4.78, 5) is 30.2. The molecule has 3 heterocycles. The number of carbonyl (C=O) groups is 2.